The quantitative estimate of drug-likeness (QED) is 0.118. The first kappa shape index (κ1) is 35.6. The first-order valence-electron chi connectivity index (χ1n) is 14.5. The third-order valence-electron chi connectivity index (χ3n) is 6.89. The summed E-state index contributed by atoms with van der Waals surface area (Å²) in [5, 5.41) is 8.86. The molecule has 2 unspecified atom stereocenters. The Bertz CT molecular complexity index is 1870. The number of nitrogens with zero attached hydrogens (tertiary/aromatic N) is 3. The Morgan fingerprint density at radius 3 is 1.72 bits per heavy atom. The zero-order valence-corrected chi connectivity index (χ0v) is 30.1. The molecule has 0 spiro atoms. The molecule has 4 aromatic rings. The zero-order valence-electron chi connectivity index (χ0n) is 25.9. The first-order valence-corrected chi connectivity index (χ1v) is 19.6. The van der Waals surface area contributed by atoms with E-state index in [1.165, 1.54) is 18.2 Å². The molecule has 0 saturated carbocycles. The van der Waals surface area contributed by atoms with Crippen molar-refractivity contribution in [2.24, 2.45) is 9.65 Å². The molecular formula is C36H31Br2F2N3O3Si. The number of hydrogen-bond donors (Lipinski definition) is 0. The van der Waals surface area contributed by atoms with Gasteiger partial charge in [-0.2, -0.15) is 10.3 Å². The number of nitriles is 1. The number of ether oxygens (including phenoxy) is 2. The maximum Gasteiger partial charge on any atom is 0.205 e. The normalized spacial score (nSPS) is 17.1. The van der Waals surface area contributed by atoms with Crippen molar-refractivity contribution in [3.63, 3.8) is 0 Å². The van der Waals surface area contributed by atoms with Gasteiger partial charge in [0.2, 0.25) is 6.19 Å². The zero-order chi connectivity index (χ0) is 34.1. The van der Waals surface area contributed by atoms with E-state index in [9.17, 15) is 13.6 Å². The van der Waals surface area contributed by atoms with Gasteiger partial charge in [0, 0.05) is 24.1 Å². The van der Waals surface area contributed by atoms with Crippen LogP contribution in [0.1, 0.15) is 52.1 Å². The van der Waals surface area contributed by atoms with E-state index in [2.05, 4.69) is 73.6 Å². The van der Waals surface area contributed by atoms with Crippen LogP contribution in [0.4, 0.5) is 8.78 Å². The Kier molecular flexibility index (Phi) is 12.2. The summed E-state index contributed by atoms with van der Waals surface area (Å²) in [6, 6.07) is 24.8. The van der Waals surface area contributed by atoms with Crippen LogP contribution in [0.5, 0.6) is 11.5 Å². The second-order valence-corrected chi connectivity index (χ2v) is 17.8. The second kappa shape index (κ2) is 16.1. The molecule has 0 radical (unpaired) electrons. The van der Waals surface area contributed by atoms with Crippen molar-refractivity contribution in [1.29, 1.82) is 5.26 Å². The summed E-state index contributed by atoms with van der Waals surface area (Å²) in [5.74, 6) is 2.40. The van der Waals surface area contributed by atoms with Crippen molar-refractivity contribution in [2.75, 3.05) is 0 Å². The molecule has 0 aliphatic carbocycles. The van der Waals surface area contributed by atoms with E-state index in [-0.39, 0.29) is 28.9 Å². The first-order chi connectivity index (χ1) is 22.4. The van der Waals surface area contributed by atoms with Crippen LogP contribution in [0.15, 0.2) is 110 Å². The van der Waals surface area contributed by atoms with Crippen molar-refractivity contribution in [3.8, 4) is 17.7 Å². The van der Waals surface area contributed by atoms with Gasteiger partial charge in [-0.15, -0.1) is 0 Å². The highest BCUT2D eigenvalue weighted by molar-refractivity contribution is 9.10. The topological polar surface area (TPSA) is 84.0 Å². The number of ketones is 1. The fourth-order valence-corrected chi connectivity index (χ4v) is 5.92. The van der Waals surface area contributed by atoms with Crippen LogP contribution in [0, 0.1) is 23.1 Å². The highest BCUT2D eigenvalue weighted by atomic mass is 79.9. The van der Waals surface area contributed by atoms with E-state index >= 15 is 0 Å². The third-order valence-corrected chi connectivity index (χ3v) is 8.93. The van der Waals surface area contributed by atoms with Gasteiger partial charge in [0.15, 0.2) is 14.0 Å². The minimum atomic E-state index is -1.21. The monoisotopic (exact) mass is 777 g/mol. The molecule has 2 atom stereocenters. The largest absolute Gasteiger partial charge is 0.485 e. The van der Waals surface area contributed by atoms with Crippen molar-refractivity contribution >= 4 is 57.5 Å². The van der Waals surface area contributed by atoms with E-state index in [1.54, 1.807) is 6.07 Å². The minimum Gasteiger partial charge on any atom is -0.485 e. The van der Waals surface area contributed by atoms with Gasteiger partial charge in [0.25, 0.3) is 0 Å². The highest BCUT2D eigenvalue weighted by Crippen LogP contribution is 2.39. The predicted molar refractivity (Wildman–Crippen MR) is 190 cm³/mol. The van der Waals surface area contributed by atoms with Crippen molar-refractivity contribution in [3.05, 3.63) is 134 Å². The Morgan fingerprint density at radius 2 is 1.28 bits per heavy atom. The maximum absolute atomic E-state index is 13.7. The van der Waals surface area contributed by atoms with Gasteiger partial charge < -0.3 is 9.47 Å². The summed E-state index contributed by atoms with van der Waals surface area (Å²) in [6.45, 7) is 9.82. The number of rotatable bonds is 3. The average Bonchev–Trinajstić information content (AvgIpc) is 3.04. The Labute approximate surface area is 290 Å². The lowest BCUT2D eigenvalue weighted by Crippen LogP contribution is -2.21. The SMILES string of the molecule is C=C=N[Si](C)(C)C.N#CN=C1CC(c2ccccc2)Oc2cc(F)c(Br)cc21.O=C1CC(c2ccccc2)Oc2cc(F)c(Br)cc21. The number of benzene rings is 4. The second-order valence-electron chi connectivity index (χ2n) is 11.5. The molecule has 11 heteroatoms. The lowest BCUT2D eigenvalue weighted by atomic mass is 9.95. The summed E-state index contributed by atoms with van der Waals surface area (Å²) in [6.07, 6.45) is 1.94. The summed E-state index contributed by atoms with van der Waals surface area (Å²) in [4.78, 5) is 16.0. The number of Topliss-reactive ketones (excluding diaryl/α,β-unsaturated/α-hetero) is 1. The molecule has 0 fully saturated rings. The van der Waals surface area contributed by atoms with Crippen LogP contribution in [-0.2, 0) is 0 Å². The molecule has 47 heavy (non-hydrogen) atoms. The molecule has 6 rings (SSSR count). The standard InChI is InChI=1S/C16H10BrFN2O.C15H10BrFO2.C5H11NSi/c17-12-6-11-14(20-9-19)8-15(10-4-2-1-3-5-10)21-16(11)7-13(12)18;16-11-6-10-13(18)8-14(9-4-2-1-3-5-9)19-15(10)7-12(11)17;1-5-6-7(2,3)4/h1-7,15H,8H2;1-7,14H,8H2;1H2,2-4H3. The Morgan fingerprint density at radius 1 is 0.809 bits per heavy atom. The van der Waals surface area contributed by atoms with Crippen LogP contribution in [0.3, 0.4) is 0 Å². The Hall–Kier alpha value is -4.20. The number of halogens is 4. The summed E-state index contributed by atoms with van der Waals surface area (Å²) in [7, 11) is -1.21. The minimum absolute atomic E-state index is 0.0317. The van der Waals surface area contributed by atoms with Crippen LogP contribution < -0.4 is 9.47 Å². The molecule has 0 amide bonds. The highest BCUT2D eigenvalue weighted by Gasteiger charge is 2.29. The molecule has 0 N–H and O–H groups in total. The smallest absolute Gasteiger partial charge is 0.205 e. The number of aliphatic imine (C=N–C) groups is 1. The van der Waals surface area contributed by atoms with Crippen LogP contribution in [0.2, 0.25) is 19.6 Å². The summed E-state index contributed by atoms with van der Waals surface area (Å²) < 4.78 is 43.5. The van der Waals surface area contributed by atoms with E-state index in [0.717, 1.165) is 11.1 Å². The lowest BCUT2D eigenvalue weighted by Gasteiger charge is -2.27. The predicted octanol–water partition coefficient (Wildman–Crippen LogP) is 10.4. The van der Waals surface area contributed by atoms with Crippen molar-refractivity contribution in [2.45, 2.75) is 44.7 Å². The van der Waals surface area contributed by atoms with Crippen LogP contribution >= 0.6 is 31.9 Å². The molecule has 240 valence electrons. The molecule has 4 aromatic carbocycles. The number of hydrogen-bond acceptors (Lipinski definition) is 6. The molecule has 2 heterocycles. The van der Waals surface area contributed by atoms with E-state index in [4.69, 9.17) is 14.7 Å². The maximum atomic E-state index is 13.7. The van der Waals surface area contributed by atoms with Gasteiger partial charge >= 0.3 is 0 Å². The lowest BCUT2D eigenvalue weighted by molar-refractivity contribution is 0.0849. The van der Waals surface area contributed by atoms with E-state index < -0.39 is 19.9 Å². The van der Waals surface area contributed by atoms with Crippen molar-refractivity contribution in [1.82, 2.24) is 0 Å². The Balaban J connectivity index is 0.000000178. The molecule has 2 aliphatic rings. The van der Waals surface area contributed by atoms with E-state index in [1.807, 2.05) is 66.9 Å². The molecule has 0 bridgehead atoms. The summed E-state index contributed by atoms with van der Waals surface area (Å²) in [5.41, 5.74) is 3.58. The fourth-order valence-electron chi connectivity index (χ4n) is 4.76. The van der Waals surface area contributed by atoms with Gasteiger partial charge in [0.1, 0.15) is 35.3 Å². The molecular weight excluding hydrogens is 748 g/mol. The average molecular weight is 780 g/mol. The van der Waals surface area contributed by atoms with Gasteiger partial charge in [0.05, 0.1) is 26.6 Å². The molecule has 6 nitrogen and oxygen atoms in total. The van der Waals surface area contributed by atoms with Crippen molar-refractivity contribution < 1.29 is 23.0 Å². The van der Waals surface area contributed by atoms with Crippen LogP contribution in [-0.4, -0.2) is 25.6 Å². The van der Waals surface area contributed by atoms with Gasteiger partial charge in [-0.3, -0.25) is 9.45 Å². The summed E-state index contributed by atoms with van der Waals surface area (Å²) >= 11 is 6.22. The number of carbonyl (C=O) groups excluding carboxylic acids is 1. The van der Waals surface area contributed by atoms with Gasteiger partial charge in [-0.1, -0.05) is 60.7 Å². The van der Waals surface area contributed by atoms with Gasteiger partial charge in [-0.05, 0) is 87.2 Å². The molecule has 0 saturated heterocycles. The number of carbonyl (C=O) groups is 1. The molecule has 0 aromatic heterocycles. The van der Waals surface area contributed by atoms with E-state index in [0.29, 0.717) is 39.2 Å². The fraction of sp³-hybridized carbons (Fsp3) is 0.194. The van der Waals surface area contributed by atoms with Gasteiger partial charge in [-0.25, -0.2) is 8.78 Å². The number of fused-ring (bicyclic) bond motifs is 2. The molecule has 2 aliphatic heterocycles. The third kappa shape index (κ3) is 9.66. The van der Waals surface area contributed by atoms with Crippen LogP contribution in [0.25, 0.3) is 0 Å².